The van der Waals surface area contributed by atoms with Gasteiger partial charge in [-0.15, -0.1) is 23.1 Å². The summed E-state index contributed by atoms with van der Waals surface area (Å²) < 4.78 is 38.9. The summed E-state index contributed by atoms with van der Waals surface area (Å²) in [6.45, 7) is 6.78. The SMILES string of the molecule is CCCCCNCc1nc(-c2ccc(C(F)(F)F)cc2)sc1CSc1ccc(OOC(C)=O)c(C)c1. The Hall–Kier alpha value is -2.56. The number of alkyl halides is 3. The highest BCUT2D eigenvalue weighted by molar-refractivity contribution is 7.98. The average molecular weight is 539 g/mol. The lowest BCUT2D eigenvalue weighted by molar-refractivity contribution is -0.211. The minimum absolute atomic E-state index is 0.467. The molecule has 0 saturated carbocycles. The van der Waals surface area contributed by atoms with E-state index in [0.29, 0.717) is 28.6 Å². The van der Waals surface area contributed by atoms with E-state index in [0.717, 1.165) is 59.0 Å². The first-order chi connectivity index (χ1) is 17.2. The third kappa shape index (κ3) is 8.25. The summed E-state index contributed by atoms with van der Waals surface area (Å²) in [7, 11) is 0. The molecule has 2 aromatic carbocycles. The molecule has 0 atom stereocenters. The molecule has 3 rings (SSSR count). The van der Waals surface area contributed by atoms with Crippen molar-refractivity contribution in [3.63, 3.8) is 0 Å². The molecule has 0 fully saturated rings. The van der Waals surface area contributed by atoms with Crippen LogP contribution in [0.2, 0.25) is 0 Å². The number of rotatable bonds is 12. The summed E-state index contributed by atoms with van der Waals surface area (Å²) in [5.41, 5.74) is 1.73. The molecule has 0 amide bonds. The van der Waals surface area contributed by atoms with Crippen LogP contribution in [0.3, 0.4) is 0 Å². The standard InChI is InChI=1S/C26H29F3N2O3S2/c1-4-5-6-13-30-15-22-24(16-35-21-11-12-23(17(2)14-21)34-33-18(3)32)36-25(31-22)19-7-9-20(10-8-19)26(27,28)29/h7-12,14,30H,4-6,13,15-16H2,1-3H3. The maximum absolute atomic E-state index is 13.0. The van der Waals surface area contributed by atoms with E-state index < -0.39 is 17.7 Å². The van der Waals surface area contributed by atoms with Crippen LogP contribution in [0.4, 0.5) is 13.2 Å². The number of carbonyl (C=O) groups excluding carboxylic acids is 1. The Balaban J connectivity index is 1.75. The van der Waals surface area contributed by atoms with E-state index in [9.17, 15) is 18.0 Å². The number of unbranched alkanes of at least 4 members (excludes halogenated alkanes) is 2. The molecule has 0 saturated heterocycles. The molecule has 1 heterocycles. The van der Waals surface area contributed by atoms with E-state index in [4.69, 9.17) is 9.87 Å². The highest BCUT2D eigenvalue weighted by Crippen LogP contribution is 2.36. The summed E-state index contributed by atoms with van der Waals surface area (Å²) in [6.07, 6.45) is -0.992. The number of halogens is 3. The van der Waals surface area contributed by atoms with Crippen molar-refractivity contribution >= 4 is 29.1 Å². The third-order valence-corrected chi connectivity index (χ3v) is 7.60. The molecule has 0 bridgehead atoms. The van der Waals surface area contributed by atoms with Crippen LogP contribution in [0.1, 0.15) is 54.8 Å². The zero-order valence-corrected chi connectivity index (χ0v) is 22.0. The summed E-state index contributed by atoms with van der Waals surface area (Å²) in [5.74, 6) is 0.597. The van der Waals surface area contributed by atoms with Gasteiger partial charge in [0.05, 0.1) is 11.3 Å². The summed E-state index contributed by atoms with van der Waals surface area (Å²) in [4.78, 5) is 27.5. The van der Waals surface area contributed by atoms with Gasteiger partial charge in [0.25, 0.3) is 0 Å². The van der Waals surface area contributed by atoms with Crippen LogP contribution < -0.4 is 10.2 Å². The number of carbonyl (C=O) groups is 1. The lowest BCUT2D eigenvalue weighted by Crippen LogP contribution is -2.15. The molecule has 194 valence electrons. The fraction of sp³-hybridized carbons (Fsp3) is 0.385. The zero-order chi connectivity index (χ0) is 26.1. The number of nitrogens with one attached hydrogen (secondary N) is 1. The van der Waals surface area contributed by atoms with Crippen molar-refractivity contribution in [2.75, 3.05) is 6.54 Å². The topological polar surface area (TPSA) is 60.5 Å². The zero-order valence-electron chi connectivity index (χ0n) is 20.4. The number of thiazole rings is 1. The van der Waals surface area contributed by atoms with Gasteiger partial charge in [-0.25, -0.2) is 9.78 Å². The van der Waals surface area contributed by atoms with Crippen molar-refractivity contribution in [3.05, 3.63) is 64.2 Å². The van der Waals surface area contributed by atoms with Gasteiger partial charge < -0.3 is 5.32 Å². The predicted octanol–water partition coefficient (Wildman–Crippen LogP) is 7.57. The highest BCUT2D eigenvalue weighted by Gasteiger charge is 2.30. The maximum atomic E-state index is 13.0. The smallest absolute Gasteiger partial charge is 0.311 e. The van der Waals surface area contributed by atoms with E-state index >= 15 is 0 Å². The largest absolute Gasteiger partial charge is 0.416 e. The third-order valence-electron chi connectivity index (χ3n) is 5.25. The van der Waals surface area contributed by atoms with Crippen molar-refractivity contribution in [2.45, 2.75) is 63.4 Å². The van der Waals surface area contributed by atoms with Crippen LogP contribution in [0.15, 0.2) is 47.4 Å². The van der Waals surface area contributed by atoms with Gasteiger partial charge in [0.1, 0.15) is 5.01 Å². The molecule has 5 nitrogen and oxygen atoms in total. The molecule has 0 aliphatic carbocycles. The lowest BCUT2D eigenvalue weighted by Gasteiger charge is -2.08. The number of hydrogen-bond donors (Lipinski definition) is 1. The molecule has 0 unspecified atom stereocenters. The Morgan fingerprint density at radius 1 is 1.14 bits per heavy atom. The first kappa shape index (κ1) is 28.0. The molecule has 3 aromatic rings. The molecular weight excluding hydrogens is 509 g/mol. The maximum Gasteiger partial charge on any atom is 0.416 e. The molecule has 10 heteroatoms. The molecule has 1 aromatic heterocycles. The fourth-order valence-corrected chi connectivity index (χ4v) is 5.50. The van der Waals surface area contributed by atoms with Crippen LogP contribution >= 0.6 is 23.1 Å². The van der Waals surface area contributed by atoms with Crippen LogP contribution in [-0.4, -0.2) is 17.5 Å². The number of benzene rings is 2. The van der Waals surface area contributed by atoms with Gasteiger partial charge in [0.2, 0.25) is 0 Å². The van der Waals surface area contributed by atoms with Gasteiger partial charge in [0, 0.05) is 34.6 Å². The van der Waals surface area contributed by atoms with Crippen LogP contribution in [0.25, 0.3) is 10.6 Å². The van der Waals surface area contributed by atoms with Crippen molar-refractivity contribution in [1.82, 2.24) is 10.3 Å². The molecule has 0 spiro atoms. The first-order valence-electron chi connectivity index (χ1n) is 11.6. The Kier molecular flexibility index (Phi) is 10.2. The Morgan fingerprint density at radius 2 is 1.89 bits per heavy atom. The number of nitrogens with zero attached hydrogens (tertiary/aromatic N) is 1. The second kappa shape index (κ2) is 13.1. The summed E-state index contributed by atoms with van der Waals surface area (Å²) >= 11 is 3.12. The molecule has 36 heavy (non-hydrogen) atoms. The van der Waals surface area contributed by atoms with Gasteiger partial charge in [-0.05, 0) is 55.8 Å². The first-order valence-corrected chi connectivity index (χ1v) is 13.4. The molecule has 0 aliphatic heterocycles. The van der Waals surface area contributed by atoms with E-state index in [1.54, 1.807) is 17.8 Å². The van der Waals surface area contributed by atoms with Crippen molar-refractivity contribution < 1.29 is 27.7 Å². The molecule has 0 radical (unpaired) electrons. The number of aryl methyl sites for hydroxylation is 1. The van der Waals surface area contributed by atoms with Gasteiger partial charge >= 0.3 is 12.1 Å². The number of aromatic nitrogens is 1. The van der Waals surface area contributed by atoms with Gasteiger partial charge in [-0.3, -0.25) is 9.78 Å². The van der Waals surface area contributed by atoms with Crippen LogP contribution in [-0.2, 0) is 28.2 Å². The summed E-state index contributed by atoms with van der Waals surface area (Å²) in [6, 6.07) is 10.7. The minimum atomic E-state index is -4.37. The van der Waals surface area contributed by atoms with Crippen LogP contribution in [0.5, 0.6) is 5.75 Å². The van der Waals surface area contributed by atoms with Crippen molar-refractivity contribution in [3.8, 4) is 16.3 Å². The molecule has 1 N–H and O–H groups in total. The Labute approximate surface area is 217 Å². The number of hydrogen-bond acceptors (Lipinski definition) is 7. The lowest BCUT2D eigenvalue weighted by atomic mass is 10.1. The minimum Gasteiger partial charge on any atom is -0.311 e. The fourth-order valence-electron chi connectivity index (χ4n) is 3.32. The Bertz CT molecular complexity index is 1150. The quantitative estimate of drug-likeness (QED) is 0.111. The molecule has 0 aliphatic rings. The van der Waals surface area contributed by atoms with E-state index in [-0.39, 0.29) is 0 Å². The van der Waals surface area contributed by atoms with E-state index in [1.165, 1.54) is 30.4 Å². The van der Waals surface area contributed by atoms with Crippen molar-refractivity contribution in [1.29, 1.82) is 0 Å². The number of thioether (sulfide) groups is 1. The van der Waals surface area contributed by atoms with E-state index in [2.05, 4.69) is 17.1 Å². The van der Waals surface area contributed by atoms with Crippen LogP contribution in [0, 0.1) is 6.92 Å². The van der Waals surface area contributed by atoms with Crippen molar-refractivity contribution in [2.24, 2.45) is 0 Å². The van der Waals surface area contributed by atoms with Gasteiger partial charge in [-0.2, -0.15) is 13.2 Å². The van der Waals surface area contributed by atoms with Gasteiger partial charge in [0.15, 0.2) is 5.75 Å². The second-order valence-corrected chi connectivity index (χ2v) is 10.4. The average Bonchev–Trinajstić information content (AvgIpc) is 3.24. The van der Waals surface area contributed by atoms with Gasteiger partial charge in [-0.1, -0.05) is 31.9 Å². The predicted molar refractivity (Wildman–Crippen MR) is 137 cm³/mol. The summed E-state index contributed by atoms with van der Waals surface area (Å²) in [5, 5.41) is 4.14. The molecular formula is C26H29F3N2O3S2. The highest BCUT2D eigenvalue weighted by atomic mass is 32.2. The monoisotopic (exact) mass is 538 g/mol. The second-order valence-electron chi connectivity index (χ2n) is 8.22. The normalized spacial score (nSPS) is 11.5. The Morgan fingerprint density at radius 3 is 2.53 bits per heavy atom. The van der Waals surface area contributed by atoms with E-state index in [1.807, 2.05) is 19.1 Å².